The van der Waals surface area contributed by atoms with Crippen LogP contribution in [0.2, 0.25) is 0 Å². The van der Waals surface area contributed by atoms with Gasteiger partial charge in [-0.25, -0.2) is 0 Å². The van der Waals surface area contributed by atoms with E-state index in [1.807, 2.05) is 0 Å². The van der Waals surface area contributed by atoms with Gasteiger partial charge in [0.25, 0.3) is 0 Å². The van der Waals surface area contributed by atoms with Crippen LogP contribution >= 0.6 is 0 Å². The van der Waals surface area contributed by atoms with Crippen LogP contribution in [-0.4, -0.2) is 7.32 Å². The molecule has 0 unspecified atom stereocenters. The monoisotopic (exact) mass is 306 g/mol. The molecule has 0 aromatic heterocycles. The van der Waals surface area contributed by atoms with Crippen LogP contribution in [0.25, 0.3) is 0 Å². The van der Waals surface area contributed by atoms with Crippen molar-refractivity contribution in [2.75, 3.05) is 0 Å². The molecule has 0 aliphatic rings. The van der Waals surface area contributed by atoms with Gasteiger partial charge in [-0.05, 0) is 0 Å². The van der Waals surface area contributed by atoms with E-state index in [1.54, 1.807) is 0 Å². The molecular weight excluding hydrogens is 305 g/mol. The fourth-order valence-corrected chi connectivity index (χ4v) is 0. The van der Waals surface area contributed by atoms with E-state index in [4.69, 9.17) is 15.1 Å². The van der Waals surface area contributed by atoms with E-state index in [2.05, 4.69) is 0 Å². The number of rotatable bonds is 0. The predicted molar refractivity (Wildman–Crippen MR) is 5.75 cm³/mol. The van der Waals surface area contributed by atoms with Crippen molar-refractivity contribution in [3.63, 3.8) is 0 Å². The quantitative estimate of drug-likeness (QED) is 0.429. The summed E-state index contributed by atoms with van der Waals surface area (Å²) in [6.07, 6.45) is 0. The average molecular weight is 305 g/mol. The van der Waals surface area contributed by atoms with Crippen molar-refractivity contribution in [2.45, 2.75) is 0 Å². The molecule has 0 saturated heterocycles. The Morgan fingerprint density at radius 3 is 1.00 bits per heavy atom. The third kappa shape index (κ3) is 32.7. The van der Waals surface area contributed by atoms with Gasteiger partial charge >= 0.3 is 39.9 Å². The van der Waals surface area contributed by atoms with E-state index in [9.17, 15) is 0 Å². The van der Waals surface area contributed by atoms with Crippen LogP contribution < -0.4 is 15.1 Å². The van der Waals surface area contributed by atoms with E-state index >= 15 is 0 Å². The maximum absolute atomic E-state index is 8.42. The first-order valence-electron chi connectivity index (χ1n) is 0.707. The zero-order valence-electron chi connectivity index (χ0n) is 2.73. The fraction of sp³-hybridized carbons (Fsp3) is 0. The van der Waals surface area contributed by atoms with E-state index in [1.165, 1.54) is 0 Å². The normalized spacial score (nSPS) is 4.50. The fourth-order valence-electron chi connectivity index (χ4n) is 0. The summed E-state index contributed by atoms with van der Waals surface area (Å²) in [5, 5.41) is 25.2. The summed E-state index contributed by atoms with van der Waals surface area (Å²) in [7, 11) is -2.92. The molecule has 0 N–H and O–H groups in total. The van der Waals surface area contributed by atoms with Crippen LogP contribution in [0, 0.1) is 39.9 Å². The standard InChI is InChI=1S/BO3.Gd.Y/c2-1(3)4;;/q-3;+3;. The molecule has 0 bridgehead atoms. The third-order valence-corrected chi connectivity index (χ3v) is 0. The molecule has 6 heteroatoms. The number of hydrogen-bond acceptors (Lipinski definition) is 3. The molecule has 6 heavy (non-hydrogen) atoms. The molecule has 3 nitrogen and oxygen atoms in total. The molecule has 0 atom stereocenters. The van der Waals surface area contributed by atoms with Crippen molar-refractivity contribution in [3.8, 4) is 0 Å². The molecule has 0 aliphatic heterocycles. The largest absolute Gasteiger partial charge is 3.00 e. The summed E-state index contributed by atoms with van der Waals surface area (Å²) in [4.78, 5) is 0. The third-order valence-electron chi connectivity index (χ3n) is 0. The van der Waals surface area contributed by atoms with Crippen LogP contribution in [-0.2, 0) is 32.7 Å². The maximum atomic E-state index is 8.42. The molecule has 0 aromatic rings. The van der Waals surface area contributed by atoms with Crippen molar-refractivity contribution in [1.82, 2.24) is 0 Å². The Labute approximate surface area is 93.3 Å². The minimum absolute atomic E-state index is 0. The molecule has 0 aromatic carbocycles. The summed E-state index contributed by atoms with van der Waals surface area (Å²) in [5.41, 5.74) is 0. The topological polar surface area (TPSA) is 69.2 Å². The molecule has 2 radical (unpaired) electrons. The second-order valence-electron chi connectivity index (χ2n) is 0.289. The van der Waals surface area contributed by atoms with Crippen molar-refractivity contribution in [3.05, 3.63) is 0 Å². The smallest absolute Gasteiger partial charge is 0.907 e. The zero-order chi connectivity index (χ0) is 3.58. The Hall–Kier alpha value is 2.37. The summed E-state index contributed by atoms with van der Waals surface area (Å²) < 4.78 is 0. The summed E-state index contributed by atoms with van der Waals surface area (Å²) in [6.45, 7) is 0. The van der Waals surface area contributed by atoms with Gasteiger partial charge in [-0.3, -0.25) is 7.32 Å². The minimum Gasteiger partial charge on any atom is -0.907 e. The molecule has 0 heterocycles. The van der Waals surface area contributed by atoms with Crippen LogP contribution in [0.15, 0.2) is 0 Å². The summed E-state index contributed by atoms with van der Waals surface area (Å²) in [6, 6.07) is 0. The van der Waals surface area contributed by atoms with Crippen LogP contribution in [0.5, 0.6) is 0 Å². The molecule has 0 spiro atoms. The van der Waals surface area contributed by atoms with Gasteiger partial charge < -0.3 is 15.1 Å². The van der Waals surface area contributed by atoms with Crippen molar-refractivity contribution in [2.24, 2.45) is 0 Å². The van der Waals surface area contributed by atoms with Gasteiger partial charge in [0.05, 0.1) is 0 Å². The molecular formula is BGdO3Y. The van der Waals surface area contributed by atoms with Gasteiger partial charge in [-0.2, -0.15) is 0 Å². The Morgan fingerprint density at radius 2 is 1.00 bits per heavy atom. The van der Waals surface area contributed by atoms with Crippen molar-refractivity contribution >= 4 is 7.32 Å². The average Bonchev–Trinajstić information content (AvgIpc) is 0.811. The number of hydrogen-bond donors (Lipinski definition) is 0. The van der Waals surface area contributed by atoms with Gasteiger partial charge in [0.15, 0.2) is 0 Å². The Kier molecular flexibility index (Phi) is 27.3. The van der Waals surface area contributed by atoms with Crippen molar-refractivity contribution < 1.29 is 87.7 Å². The van der Waals surface area contributed by atoms with Gasteiger partial charge in [-0.15, -0.1) is 0 Å². The van der Waals surface area contributed by atoms with Gasteiger partial charge in [0.1, 0.15) is 0 Å². The van der Waals surface area contributed by atoms with E-state index in [0.29, 0.717) is 0 Å². The van der Waals surface area contributed by atoms with Crippen molar-refractivity contribution in [1.29, 1.82) is 0 Å². The molecule has 0 fully saturated rings. The first kappa shape index (κ1) is 15.8. The van der Waals surface area contributed by atoms with Gasteiger partial charge in [0, 0.05) is 32.7 Å². The second kappa shape index (κ2) is 10.4. The molecule has 0 saturated carbocycles. The minimum atomic E-state index is -2.92. The van der Waals surface area contributed by atoms with E-state index in [-0.39, 0.29) is 72.6 Å². The van der Waals surface area contributed by atoms with E-state index in [0.717, 1.165) is 0 Å². The van der Waals surface area contributed by atoms with Crippen LogP contribution in [0.1, 0.15) is 0 Å². The second-order valence-corrected chi connectivity index (χ2v) is 0.289. The SMILES string of the molecule is [Gd+3].[O-]B([O-])[O-].[Y]. The van der Waals surface area contributed by atoms with Gasteiger partial charge in [-0.1, -0.05) is 0 Å². The summed E-state index contributed by atoms with van der Waals surface area (Å²) in [5.74, 6) is 0. The maximum Gasteiger partial charge on any atom is 3.00 e. The molecule has 0 aliphatic carbocycles. The molecule has 0 amide bonds. The summed E-state index contributed by atoms with van der Waals surface area (Å²) >= 11 is 0. The van der Waals surface area contributed by atoms with E-state index < -0.39 is 7.32 Å². The Morgan fingerprint density at radius 1 is 1.00 bits per heavy atom. The Balaban J connectivity index is -0.0000000450. The first-order chi connectivity index (χ1) is 1.73. The van der Waals surface area contributed by atoms with Gasteiger partial charge in [0.2, 0.25) is 0 Å². The first-order valence-corrected chi connectivity index (χ1v) is 0.707. The molecule has 32 valence electrons. The predicted octanol–water partition coefficient (Wildman–Crippen LogP) is -3.95. The Bertz CT molecular complexity index is 15.5. The van der Waals surface area contributed by atoms with Crippen LogP contribution in [0.3, 0.4) is 0 Å². The van der Waals surface area contributed by atoms with Crippen LogP contribution in [0.4, 0.5) is 0 Å². The zero-order valence-corrected chi connectivity index (χ0v) is 7.84. The molecule has 0 rings (SSSR count).